The van der Waals surface area contributed by atoms with Gasteiger partial charge in [-0.3, -0.25) is 14.5 Å². The average Bonchev–Trinajstić information content (AvgIpc) is 3.46. The molecule has 0 unspecified atom stereocenters. The van der Waals surface area contributed by atoms with Crippen LogP contribution in [-0.4, -0.2) is 50.1 Å². The first-order valence-corrected chi connectivity index (χ1v) is 10.6. The van der Waals surface area contributed by atoms with E-state index >= 15 is 0 Å². The predicted molar refractivity (Wildman–Crippen MR) is 118 cm³/mol. The predicted octanol–water partition coefficient (Wildman–Crippen LogP) is 3.31. The lowest BCUT2D eigenvalue weighted by atomic mass is 10.1. The second kappa shape index (κ2) is 9.64. The number of ether oxygens (including phenoxy) is 1. The topological polar surface area (TPSA) is 79.0 Å². The van der Waals surface area contributed by atoms with E-state index in [4.69, 9.17) is 4.74 Å². The summed E-state index contributed by atoms with van der Waals surface area (Å²) in [4.78, 5) is 39.6. The number of benzene rings is 2. The van der Waals surface area contributed by atoms with Crippen LogP contribution in [0.4, 0.5) is 20.6 Å². The van der Waals surface area contributed by atoms with Crippen molar-refractivity contribution in [1.82, 2.24) is 5.32 Å². The van der Waals surface area contributed by atoms with Crippen LogP contribution in [0, 0.1) is 5.82 Å². The van der Waals surface area contributed by atoms with E-state index in [2.05, 4.69) is 5.32 Å². The fourth-order valence-electron chi connectivity index (χ4n) is 3.84. The van der Waals surface area contributed by atoms with E-state index in [1.807, 2.05) is 4.90 Å². The number of hydrogen-bond acceptors (Lipinski definition) is 5. The van der Waals surface area contributed by atoms with Crippen molar-refractivity contribution in [2.45, 2.75) is 18.9 Å². The summed E-state index contributed by atoms with van der Waals surface area (Å²) in [6.07, 6.45) is 3.27. The minimum atomic E-state index is -0.590. The molecule has 2 saturated heterocycles. The summed E-state index contributed by atoms with van der Waals surface area (Å²) in [5, 5.41) is 2.62. The molecule has 0 aromatic heterocycles. The normalized spacial score (nSPS) is 18.3. The first kappa shape index (κ1) is 21.5. The van der Waals surface area contributed by atoms with Gasteiger partial charge in [-0.1, -0.05) is 30.3 Å². The highest BCUT2D eigenvalue weighted by atomic mass is 19.1. The van der Waals surface area contributed by atoms with Gasteiger partial charge in [-0.2, -0.15) is 0 Å². The number of rotatable bonds is 7. The van der Waals surface area contributed by atoms with Crippen LogP contribution in [-0.2, 0) is 9.53 Å². The van der Waals surface area contributed by atoms with Crippen LogP contribution >= 0.6 is 0 Å². The van der Waals surface area contributed by atoms with Gasteiger partial charge >= 0.3 is 6.09 Å². The molecule has 0 radical (unpaired) electrons. The number of hydrogen-bond donors (Lipinski definition) is 1. The van der Waals surface area contributed by atoms with Crippen molar-refractivity contribution in [1.29, 1.82) is 0 Å². The van der Waals surface area contributed by atoms with Gasteiger partial charge in [0.1, 0.15) is 11.9 Å². The first-order valence-electron chi connectivity index (χ1n) is 10.6. The van der Waals surface area contributed by atoms with Gasteiger partial charge in [0, 0.05) is 24.7 Å². The Bertz CT molecular complexity index is 1030. The summed E-state index contributed by atoms with van der Waals surface area (Å²) >= 11 is 0. The van der Waals surface area contributed by atoms with Crippen molar-refractivity contribution in [3.63, 3.8) is 0 Å². The summed E-state index contributed by atoms with van der Waals surface area (Å²) in [7, 11) is 0. The molecular weight excluding hydrogens is 413 g/mol. The lowest BCUT2D eigenvalue weighted by Gasteiger charge is -2.20. The van der Waals surface area contributed by atoms with Crippen LogP contribution in [0.3, 0.4) is 0 Å². The Morgan fingerprint density at radius 3 is 2.56 bits per heavy atom. The fraction of sp³-hybridized carbons (Fsp3) is 0.292. The molecule has 0 aliphatic carbocycles. The minimum absolute atomic E-state index is 0.0826. The van der Waals surface area contributed by atoms with Crippen LogP contribution in [0.5, 0.6) is 0 Å². The standard InChI is InChI=1S/C24H24FN3O4/c25-20-14-18(8-9-21(20)27-12-4-5-13-27)28-16-19(32-24(28)31)15-26-23(30)11-10-22(29)17-6-2-1-3-7-17/h1-3,6-11,14,19H,4-5,12-13,15-16H2,(H,26,30)/t19-/m0/s1. The molecule has 2 amide bonds. The molecule has 7 nitrogen and oxygen atoms in total. The van der Waals surface area contributed by atoms with Gasteiger partial charge in [0.15, 0.2) is 5.78 Å². The van der Waals surface area contributed by atoms with E-state index in [1.165, 1.54) is 17.0 Å². The van der Waals surface area contributed by atoms with E-state index in [0.717, 1.165) is 32.0 Å². The number of nitrogens with one attached hydrogen (secondary N) is 1. The molecule has 0 saturated carbocycles. The number of anilines is 2. The van der Waals surface area contributed by atoms with Gasteiger partial charge in [0.2, 0.25) is 5.91 Å². The summed E-state index contributed by atoms with van der Waals surface area (Å²) < 4.78 is 19.9. The molecule has 2 aromatic carbocycles. The molecular formula is C24H24FN3O4. The quantitative estimate of drug-likeness (QED) is 0.531. The van der Waals surface area contributed by atoms with E-state index in [1.54, 1.807) is 42.5 Å². The number of cyclic esters (lactones) is 1. The maximum atomic E-state index is 14.6. The van der Waals surface area contributed by atoms with Crippen molar-refractivity contribution in [2.24, 2.45) is 0 Å². The Hall–Kier alpha value is -3.68. The number of amides is 2. The average molecular weight is 437 g/mol. The molecule has 2 aliphatic rings. The van der Waals surface area contributed by atoms with Crippen LogP contribution in [0.15, 0.2) is 60.7 Å². The lowest BCUT2D eigenvalue weighted by Crippen LogP contribution is -2.33. The SMILES string of the molecule is O=C(C=CC(=O)c1ccccc1)NC[C@H]1CN(c2ccc(N3CCCC3)c(F)c2)C(=O)O1. The molecule has 2 fully saturated rings. The number of carbonyl (C=O) groups is 3. The minimum Gasteiger partial charge on any atom is -0.442 e. The molecule has 0 spiro atoms. The highest BCUT2D eigenvalue weighted by Crippen LogP contribution is 2.29. The van der Waals surface area contributed by atoms with Gasteiger partial charge < -0.3 is 15.0 Å². The van der Waals surface area contributed by atoms with E-state index in [-0.39, 0.29) is 24.7 Å². The summed E-state index contributed by atoms with van der Waals surface area (Å²) in [5.74, 6) is -1.12. The number of halogens is 1. The summed E-state index contributed by atoms with van der Waals surface area (Å²) in [6.45, 7) is 1.93. The Labute approximate surface area is 185 Å². The van der Waals surface area contributed by atoms with Crippen LogP contribution in [0.1, 0.15) is 23.2 Å². The number of ketones is 1. The molecule has 2 aliphatic heterocycles. The maximum Gasteiger partial charge on any atom is 0.414 e. The third-order valence-corrected chi connectivity index (χ3v) is 5.51. The Morgan fingerprint density at radius 2 is 1.84 bits per heavy atom. The molecule has 0 bridgehead atoms. The zero-order valence-corrected chi connectivity index (χ0v) is 17.5. The molecule has 32 heavy (non-hydrogen) atoms. The van der Waals surface area contributed by atoms with Gasteiger partial charge in [-0.05, 0) is 37.1 Å². The summed E-state index contributed by atoms with van der Waals surface area (Å²) in [5.41, 5.74) is 1.44. The van der Waals surface area contributed by atoms with Crippen molar-refractivity contribution < 1.29 is 23.5 Å². The van der Waals surface area contributed by atoms with Crippen LogP contribution in [0.2, 0.25) is 0 Å². The second-order valence-corrected chi connectivity index (χ2v) is 7.76. The third-order valence-electron chi connectivity index (χ3n) is 5.51. The Balaban J connectivity index is 1.30. The second-order valence-electron chi connectivity index (χ2n) is 7.76. The van der Waals surface area contributed by atoms with Crippen molar-refractivity contribution >= 4 is 29.2 Å². The van der Waals surface area contributed by atoms with Crippen LogP contribution < -0.4 is 15.1 Å². The third kappa shape index (κ3) is 4.96. The van der Waals surface area contributed by atoms with Crippen molar-refractivity contribution in [2.75, 3.05) is 36.0 Å². The van der Waals surface area contributed by atoms with Gasteiger partial charge in [-0.15, -0.1) is 0 Å². The molecule has 1 atom stereocenters. The van der Waals surface area contributed by atoms with E-state index in [0.29, 0.717) is 16.9 Å². The summed E-state index contributed by atoms with van der Waals surface area (Å²) in [6, 6.07) is 13.4. The smallest absolute Gasteiger partial charge is 0.414 e. The first-order chi connectivity index (χ1) is 15.5. The van der Waals surface area contributed by atoms with Gasteiger partial charge in [0.05, 0.1) is 24.5 Å². The Kier molecular flexibility index (Phi) is 6.49. The number of allylic oxidation sites excluding steroid dienone is 1. The number of carbonyl (C=O) groups excluding carboxylic acids is 3. The highest BCUT2D eigenvalue weighted by molar-refractivity contribution is 6.07. The molecule has 1 N–H and O–H groups in total. The van der Waals surface area contributed by atoms with Gasteiger partial charge in [0.25, 0.3) is 0 Å². The van der Waals surface area contributed by atoms with E-state index < -0.39 is 18.1 Å². The lowest BCUT2D eigenvalue weighted by molar-refractivity contribution is -0.116. The fourth-order valence-corrected chi connectivity index (χ4v) is 3.84. The zero-order valence-electron chi connectivity index (χ0n) is 17.5. The maximum absolute atomic E-state index is 14.6. The Morgan fingerprint density at radius 1 is 1.09 bits per heavy atom. The highest BCUT2D eigenvalue weighted by Gasteiger charge is 2.33. The molecule has 2 aromatic rings. The molecule has 166 valence electrons. The zero-order chi connectivity index (χ0) is 22.5. The van der Waals surface area contributed by atoms with E-state index in [9.17, 15) is 18.8 Å². The largest absolute Gasteiger partial charge is 0.442 e. The molecule has 2 heterocycles. The number of nitrogens with zero attached hydrogens (tertiary/aromatic N) is 2. The monoisotopic (exact) mass is 437 g/mol. The molecule has 8 heteroatoms. The van der Waals surface area contributed by atoms with Crippen LogP contribution in [0.25, 0.3) is 0 Å². The van der Waals surface area contributed by atoms with Gasteiger partial charge in [-0.25, -0.2) is 9.18 Å². The molecule has 4 rings (SSSR count). The van der Waals surface area contributed by atoms with Crippen molar-refractivity contribution in [3.05, 3.63) is 72.1 Å². The van der Waals surface area contributed by atoms with Crippen molar-refractivity contribution in [3.8, 4) is 0 Å².